The van der Waals surface area contributed by atoms with Crippen LogP contribution in [0.1, 0.15) is 31.2 Å². The lowest BCUT2D eigenvalue weighted by molar-refractivity contribution is 0.147. The molecule has 2 unspecified atom stereocenters. The van der Waals surface area contributed by atoms with E-state index in [1.165, 1.54) is 31.2 Å². The summed E-state index contributed by atoms with van der Waals surface area (Å²) < 4.78 is 12.9. The van der Waals surface area contributed by atoms with Crippen LogP contribution in [-0.2, 0) is 6.54 Å². The minimum Gasteiger partial charge on any atom is -0.315 e. The normalized spacial score (nSPS) is 24.4. The molecule has 18 heavy (non-hydrogen) atoms. The lowest BCUT2D eigenvalue weighted by atomic mass is 9.89. The van der Waals surface area contributed by atoms with Crippen LogP contribution >= 0.6 is 0 Å². The summed E-state index contributed by atoms with van der Waals surface area (Å²) >= 11 is 0. The van der Waals surface area contributed by atoms with Crippen molar-refractivity contribution in [3.05, 3.63) is 35.6 Å². The van der Waals surface area contributed by atoms with Crippen molar-refractivity contribution < 1.29 is 4.39 Å². The zero-order valence-corrected chi connectivity index (χ0v) is 11.3. The minimum absolute atomic E-state index is 0.160. The third-order valence-corrected chi connectivity index (χ3v) is 4.01. The number of hydrogen-bond acceptors (Lipinski definition) is 2. The summed E-state index contributed by atoms with van der Waals surface area (Å²) in [5.74, 6) is -0.160. The second kappa shape index (κ2) is 6.30. The molecule has 0 bridgehead atoms. The fourth-order valence-corrected chi connectivity index (χ4v) is 2.97. The van der Waals surface area contributed by atoms with Gasteiger partial charge in [0, 0.05) is 18.6 Å². The highest BCUT2D eigenvalue weighted by atomic mass is 19.1. The molecule has 1 aromatic rings. The molecule has 0 saturated heterocycles. The molecule has 2 atom stereocenters. The Morgan fingerprint density at radius 1 is 1.22 bits per heavy atom. The molecule has 0 amide bonds. The molecule has 0 radical (unpaired) electrons. The summed E-state index contributed by atoms with van der Waals surface area (Å²) in [5, 5.41) is 3.43. The molecule has 0 aliphatic heterocycles. The van der Waals surface area contributed by atoms with E-state index in [4.69, 9.17) is 0 Å². The Morgan fingerprint density at radius 3 is 2.56 bits per heavy atom. The first-order valence-corrected chi connectivity index (χ1v) is 6.82. The summed E-state index contributed by atoms with van der Waals surface area (Å²) in [6, 6.07) is 8.02. The summed E-state index contributed by atoms with van der Waals surface area (Å²) in [7, 11) is 4.22. The maximum atomic E-state index is 12.9. The highest BCUT2D eigenvalue weighted by molar-refractivity contribution is 5.16. The van der Waals surface area contributed by atoms with Crippen LogP contribution in [0.3, 0.4) is 0 Å². The first kappa shape index (κ1) is 13.5. The van der Waals surface area contributed by atoms with E-state index in [0.29, 0.717) is 12.1 Å². The van der Waals surface area contributed by atoms with Crippen LogP contribution in [0.2, 0.25) is 0 Å². The quantitative estimate of drug-likeness (QED) is 0.884. The summed E-state index contributed by atoms with van der Waals surface area (Å²) in [6.45, 7) is 0.892. The standard InChI is InChI=1S/C15H23FN2/c1-17-14-5-3-4-6-15(14)18(2)11-12-7-9-13(16)10-8-12/h7-10,14-15,17H,3-6,11H2,1-2H3. The van der Waals surface area contributed by atoms with E-state index < -0.39 is 0 Å². The van der Waals surface area contributed by atoms with Gasteiger partial charge in [0.2, 0.25) is 0 Å². The van der Waals surface area contributed by atoms with Crippen molar-refractivity contribution in [2.24, 2.45) is 0 Å². The van der Waals surface area contributed by atoms with Crippen LogP contribution in [0, 0.1) is 5.82 Å². The number of halogens is 1. The molecule has 1 aromatic carbocycles. The van der Waals surface area contributed by atoms with Crippen molar-refractivity contribution in [2.45, 2.75) is 44.3 Å². The zero-order chi connectivity index (χ0) is 13.0. The maximum absolute atomic E-state index is 12.9. The van der Waals surface area contributed by atoms with Gasteiger partial charge in [0.15, 0.2) is 0 Å². The topological polar surface area (TPSA) is 15.3 Å². The summed E-state index contributed by atoms with van der Waals surface area (Å²) in [4.78, 5) is 2.40. The molecule has 2 rings (SSSR count). The van der Waals surface area contributed by atoms with Gasteiger partial charge in [0.05, 0.1) is 0 Å². The van der Waals surface area contributed by atoms with E-state index >= 15 is 0 Å². The van der Waals surface area contributed by atoms with E-state index in [2.05, 4.69) is 24.3 Å². The molecule has 3 heteroatoms. The van der Waals surface area contributed by atoms with Gasteiger partial charge in [-0.3, -0.25) is 4.90 Å². The second-order valence-corrected chi connectivity index (χ2v) is 5.29. The first-order valence-electron chi connectivity index (χ1n) is 6.82. The molecule has 2 nitrogen and oxygen atoms in total. The van der Waals surface area contributed by atoms with Gasteiger partial charge in [-0.15, -0.1) is 0 Å². The lowest BCUT2D eigenvalue weighted by Gasteiger charge is -2.38. The molecule has 1 fully saturated rings. The first-order chi connectivity index (χ1) is 8.70. The van der Waals surface area contributed by atoms with Crippen molar-refractivity contribution >= 4 is 0 Å². The summed E-state index contributed by atoms with van der Waals surface area (Å²) in [5.41, 5.74) is 1.18. The fourth-order valence-electron chi connectivity index (χ4n) is 2.97. The Labute approximate surface area is 109 Å². The van der Waals surface area contributed by atoms with Gasteiger partial charge in [-0.2, -0.15) is 0 Å². The molecule has 0 heterocycles. The zero-order valence-electron chi connectivity index (χ0n) is 11.3. The van der Waals surface area contributed by atoms with Crippen LogP contribution in [-0.4, -0.2) is 31.1 Å². The van der Waals surface area contributed by atoms with Gasteiger partial charge < -0.3 is 5.32 Å². The number of likely N-dealkylation sites (N-methyl/N-ethyl adjacent to an activating group) is 2. The Bertz CT molecular complexity index is 363. The van der Waals surface area contributed by atoms with Gasteiger partial charge in [-0.1, -0.05) is 25.0 Å². The predicted octanol–water partition coefficient (Wildman–Crippen LogP) is 2.79. The van der Waals surface area contributed by atoms with Crippen LogP contribution in [0.25, 0.3) is 0 Å². The molecule has 1 aliphatic carbocycles. The van der Waals surface area contributed by atoms with E-state index in [9.17, 15) is 4.39 Å². The number of rotatable bonds is 4. The molecule has 1 N–H and O–H groups in total. The largest absolute Gasteiger partial charge is 0.315 e. The van der Waals surface area contributed by atoms with Crippen molar-refractivity contribution in [3.63, 3.8) is 0 Å². The van der Waals surface area contributed by atoms with Crippen molar-refractivity contribution in [2.75, 3.05) is 14.1 Å². The number of nitrogens with zero attached hydrogens (tertiary/aromatic N) is 1. The van der Waals surface area contributed by atoms with Crippen molar-refractivity contribution in [1.82, 2.24) is 10.2 Å². The molecule has 0 spiro atoms. The van der Waals surface area contributed by atoms with E-state index in [1.807, 2.05) is 12.1 Å². The third kappa shape index (κ3) is 3.30. The predicted molar refractivity (Wildman–Crippen MR) is 73.0 cm³/mol. The van der Waals surface area contributed by atoms with Crippen LogP contribution in [0.15, 0.2) is 24.3 Å². The highest BCUT2D eigenvalue weighted by Crippen LogP contribution is 2.23. The monoisotopic (exact) mass is 250 g/mol. The second-order valence-electron chi connectivity index (χ2n) is 5.29. The fraction of sp³-hybridized carbons (Fsp3) is 0.600. The van der Waals surface area contributed by atoms with E-state index in [0.717, 1.165) is 6.54 Å². The number of benzene rings is 1. The van der Waals surface area contributed by atoms with E-state index in [-0.39, 0.29) is 5.82 Å². The SMILES string of the molecule is CNC1CCCCC1N(C)Cc1ccc(F)cc1. The highest BCUT2D eigenvalue weighted by Gasteiger charge is 2.26. The third-order valence-electron chi connectivity index (χ3n) is 4.01. The average Bonchev–Trinajstić information content (AvgIpc) is 2.41. The molecule has 100 valence electrons. The van der Waals surface area contributed by atoms with Crippen molar-refractivity contribution in [1.29, 1.82) is 0 Å². The van der Waals surface area contributed by atoms with Crippen molar-refractivity contribution in [3.8, 4) is 0 Å². The Morgan fingerprint density at radius 2 is 1.89 bits per heavy atom. The van der Waals surface area contributed by atoms with Gasteiger partial charge in [-0.25, -0.2) is 4.39 Å². The van der Waals surface area contributed by atoms with Crippen LogP contribution < -0.4 is 5.32 Å². The molecule has 1 aliphatic rings. The molecule has 1 saturated carbocycles. The summed E-state index contributed by atoms with van der Waals surface area (Å²) in [6.07, 6.45) is 5.15. The van der Waals surface area contributed by atoms with Crippen LogP contribution in [0.5, 0.6) is 0 Å². The molecule has 0 aromatic heterocycles. The maximum Gasteiger partial charge on any atom is 0.123 e. The smallest absolute Gasteiger partial charge is 0.123 e. The Balaban J connectivity index is 1.97. The Hall–Kier alpha value is -0.930. The minimum atomic E-state index is -0.160. The number of nitrogens with one attached hydrogen (secondary N) is 1. The van der Waals surface area contributed by atoms with Gasteiger partial charge in [0.1, 0.15) is 5.82 Å². The van der Waals surface area contributed by atoms with Gasteiger partial charge in [-0.05, 0) is 44.6 Å². The van der Waals surface area contributed by atoms with Gasteiger partial charge in [0.25, 0.3) is 0 Å². The Kier molecular flexibility index (Phi) is 4.72. The molecular formula is C15H23FN2. The average molecular weight is 250 g/mol. The lowest BCUT2D eigenvalue weighted by Crippen LogP contribution is -2.49. The number of hydrogen-bond donors (Lipinski definition) is 1. The molecular weight excluding hydrogens is 227 g/mol. The van der Waals surface area contributed by atoms with Gasteiger partial charge >= 0.3 is 0 Å². The van der Waals surface area contributed by atoms with Crippen LogP contribution in [0.4, 0.5) is 4.39 Å². The van der Waals surface area contributed by atoms with E-state index in [1.54, 1.807) is 12.1 Å².